The zero-order valence-electron chi connectivity index (χ0n) is 8.47. The molecule has 0 saturated heterocycles. The fourth-order valence-electron chi connectivity index (χ4n) is 1.53. The number of rotatable bonds is 0. The van der Waals surface area contributed by atoms with Crippen molar-refractivity contribution in [2.75, 3.05) is 0 Å². The summed E-state index contributed by atoms with van der Waals surface area (Å²) in [6.07, 6.45) is 0. The van der Waals surface area contributed by atoms with Crippen molar-refractivity contribution in [2.24, 2.45) is 0 Å². The van der Waals surface area contributed by atoms with E-state index in [-0.39, 0.29) is 10.8 Å². The molecule has 0 atom stereocenters. The highest BCUT2D eigenvalue weighted by Gasteiger charge is 2.19. The molecule has 1 aromatic heterocycles. The number of aromatic nitrogens is 1. The second kappa shape index (κ2) is 2.99. The van der Waals surface area contributed by atoms with E-state index in [9.17, 15) is 0 Å². The van der Waals surface area contributed by atoms with Crippen molar-refractivity contribution < 1.29 is 4.42 Å². The van der Waals surface area contributed by atoms with Crippen molar-refractivity contribution in [1.82, 2.24) is 4.98 Å². The molecule has 0 N–H and O–H groups in total. The first-order valence-electron chi connectivity index (χ1n) is 4.54. The van der Waals surface area contributed by atoms with Gasteiger partial charge in [0.05, 0.1) is 0 Å². The van der Waals surface area contributed by atoms with Gasteiger partial charge < -0.3 is 4.42 Å². The fourth-order valence-corrected chi connectivity index (χ4v) is 1.69. The Morgan fingerprint density at radius 3 is 2.64 bits per heavy atom. The summed E-state index contributed by atoms with van der Waals surface area (Å²) in [5.41, 5.74) is 2.83. The lowest BCUT2D eigenvalue weighted by Crippen LogP contribution is -2.11. The number of hydrogen-bond donors (Lipinski definition) is 0. The molecule has 0 aliphatic heterocycles. The van der Waals surface area contributed by atoms with Crippen LogP contribution in [-0.2, 0) is 5.41 Å². The molecule has 1 aromatic carbocycles. The van der Waals surface area contributed by atoms with Crippen LogP contribution in [0.3, 0.4) is 0 Å². The molecule has 0 fully saturated rings. The monoisotopic (exact) mass is 209 g/mol. The zero-order valence-corrected chi connectivity index (χ0v) is 9.22. The molecule has 74 valence electrons. The molecule has 2 nitrogen and oxygen atoms in total. The maximum Gasteiger partial charge on any atom is 0.293 e. The number of halogens is 1. The third-order valence-electron chi connectivity index (χ3n) is 2.20. The molecule has 0 amide bonds. The molecule has 2 aromatic rings. The Balaban J connectivity index is 2.77. The largest absolute Gasteiger partial charge is 0.428 e. The molecule has 0 spiro atoms. The second-order valence-corrected chi connectivity index (χ2v) is 4.69. The Morgan fingerprint density at radius 2 is 2.00 bits per heavy atom. The summed E-state index contributed by atoms with van der Waals surface area (Å²) in [5, 5.41) is 0.205. The van der Waals surface area contributed by atoms with Crippen LogP contribution in [0.15, 0.2) is 22.6 Å². The first-order valence-corrected chi connectivity index (χ1v) is 4.92. The molecule has 0 unspecified atom stereocenters. The van der Waals surface area contributed by atoms with E-state index in [0.29, 0.717) is 0 Å². The van der Waals surface area contributed by atoms with Crippen LogP contribution in [0.25, 0.3) is 11.1 Å². The van der Waals surface area contributed by atoms with Gasteiger partial charge in [0, 0.05) is 0 Å². The van der Waals surface area contributed by atoms with Gasteiger partial charge in [0.1, 0.15) is 5.52 Å². The summed E-state index contributed by atoms with van der Waals surface area (Å²) in [5.74, 6) is 0. The Bertz CT molecular complexity index is 468. The lowest BCUT2D eigenvalue weighted by Gasteiger charge is -2.18. The van der Waals surface area contributed by atoms with Gasteiger partial charge >= 0.3 is 0 Å². The molecule has 14 heavy (non-hydrogen) atoms. The van der Waals surface area contributed by atoms with E-state index in [1.54, 1.807) is 0 Å². The van der Waals surface area contributed by atoms with E-state index >= 15 is 0 Å². The topological polar surface area (TPSA) is 26.0 Å². The van der Waals surface area contributed by atoms with Gasteiger partial charge in [-0.05, 0) is 28.6 Å². The maximum absolute atomic E-state index is 5.73. The van der Waals surface area contributed by atoms with E-state index in [1.807, 2.05) is 12.1 Å². The third kappa shape index (κ3) is 1.50. The molecule has 0 saturated carbocycles. The van der Waals surface area contributed by atoms with Gasteiger partial charge in [-0.3, -0.25) is 0 Å². The fraction of sp³-hybridized carbons (Fsp3) is 0.364. The first kappa shape index (κ1) is 9.53. The number of benzene rings is 1. The maximum atomic E-state index is 5.73. The molecule has 3 heteroatoms. The smallest absolute Gasteiger partial charge is 0.293 e. The normalized spacial score (nSPS) is 12.3. The average molecular weight is 210 g/mol. The van der Waals surface area contributed by atoms with Crippen LogP contribution in [0.2, 0.25) is 5.35 Å². The summed E-state index contributed by atoms with van der Waals surface area (Å²) in [4.78, 5) is 4.18. The SMILES string of the molecule is CC(C)(C)c1cccc2oc(Cl)nc12. The van der Waals surface area contributed by atoms with Gasteiger partial charge in [-0.25, -0.2) is 0 Å². The average Bonchev–Trinajstić information content (AvgIpc) is 2.41. The molecular weight excluding hydrogens is 198 g/mol. The zero-order chi connectivity index (χ0) is 10.3. The van der Waals surface area contributed by atoms with Crippen LogP contribution in [0.5, 0.6) is 0 Å². The summed E-state index contributed by atoms with van der Waals surface area (Å²) in [6.45, 7) is 6.43. The van der Waals surface area contributed by atoms with Crippen molar-refractivity contribution in [2.45, 2.75) is 26.2 Å². The van der Waals surface area contributed by atoms with Gasteiger partial charge in [0.15, 0.2) is 5.58 Å². The van der Waals surface area contributed by atoms with Gasteiger partial charge in [-0.15, -0.1) is 0 Å². The quantitative estimate of drug-likeness (QED) is 0.660. The number of fused-ring (bicyclic) bond motifs is 1. The van der Waals surface area contributed by atoms with Crippen LogP contribution < -0.4 is 0 Å². The lowest BCUT2D eigenvalue weighted by atomic mass is 9.86. The van der Waals surface area contributed by atoms with Crippen LogP contribution in [0.4, 0.5) is 0 Å². The molecule has 0 bridgehead atoms. The minimum absolute atomic E-state index is 0.0553. The molecular formula is C11H12ClNO. The Hall–Kier alpha value is -1.02. The van der Waals surface area contributed by atoms with Crippen molar-refractivity contribution in [1.29, 1.82) is 0 Å². The highest BCUT2D eigenvalue weighted by atomic mass is 35.5. The van der Waals surface area contributed by atoms with Crippen LogP contribution in [-0.4, -0.2) is 4.98 Å². The predicted molar refractivity (Wildman–Crippen MR) is 57.7 cm³/mol. The van der Waals surface area contributed by atoms with Crippen molar-refractivity contribution in [3.8, 4) is 0 Å². The van der Waals surface area contributed by atoms with Gasteiger partial charge in [-0.1, -0.05) is 32.9 Å². The highest BCUT2D eigenvalue weighted by Crippen LogP contribution is 2.30. The van der Waals surface area contributed by atoms with E-state index < -0.39 is 0 Å². The standard InChI is InChI=1S/C11H12ClNO/c1-11(2,3)7-5-4-6-8-9(7)13-10(12)14-8/h4-6H,1-3H3. The summed E-state index contributed by atoms with van der Waals surface area (Å²) in [7, 11) is 0. The summed E-state index contributed by atoms with van der Waals surface area (Å²) in [6, 6.07) is 5.90. The second-order valence-electron chi connectivity index (χ2n) is 4.37. The van der Waals surface area contributed by atoms with Gasteiger partial charge in [0.2, 0.25) is 0 Å². The van der Waals surface area contributed by atoms with Gasteiger partial charge in [0.25, 0.3) is 5.35 Å². The number of hydrogen-bond acceptors (Lipinski definition) is 2. The predicted octanol–water partition coefficient (Wildman–Crippen LogP) is 3.78. The number of nitrogens with zero attached hydrogens (tertiary/aromatic N) is 1. The Labute approximate surface area is 87.9 Å². The van der Waals surface area contributed by atoms with E-state index in [2.05, 4.69) is 31.8 Å². The van der Waals surface area contributed by atoms with Gasteiger partial charge in [-0.2, -0.15) is 4.98 Å². The molecule has 0 aliphatic rings. The van der Waals surface area contributed by atoms with Crippen LogP contribution in [0.1, 0.15) is 26.3 Å². The molecule has 1 heterocycles. The minimum Gasteiger partial charge on any atom is -0.428 e. The van der Waals surface area contributed by atoms with E-state index in [0.717, 1.165) is 16.7 Å². The van der Waals surface area contributed by atoms with E-state index in [4.69, 9.17) is 16.0 Å². The van der Waals surface area contributed by atoms with Crippen molar-refractivity contribution in [3.63, 3.8) is 0 Å². The third-order valence-corrected chi connectivity index (χ3v) is 2.36. The Kier molecular flexibility index (Phi) is 2.04. The van der Waals surface area contributed by atoms with Crippen LogP contribution in [0, 0.1) is 0 Å². The van der Waals surface area contributed by atoms with Crippen molar-refractivity contribution >= 4 is 22.7 Å². The molecule has 2 rings (SSSR count). The minimum atomic E-state index is 0.0553. The Morgan fingerprint density at radius 1 is 1.29 bits per heavy atom. The number of oxazole rings is 1. The lowest BCUT2D eigenvalue weighted by molar-refractivity contribution is 0.592. The first-order chi connectivity index (χ1) is 6.48. The van der Waals surface area contributed by atoms with Crippen molar-refractivity contribution in [3.05, 3.63) is 29.1 Å². The highest BCUT2D eigenvalue weighted by molar-refractivity contribution is 6.28. The molecule has 0 aliphatic carbocycles. The summed E-state index contributed by atoms with van der Waals surface area (Å²) < 4.78 is 5.26. The number of para-hydroxylation sites is 1. The summed E-state index contributed by atoms with van der Waals surface area (Å²) >= 11 is 5.73. The molecule has 0 radical (unpaired) electrons. The van der Waals surface area contributed by atoms with Crippen LogP contribution >= 0.6 is 11.6 Å². The van der Waals surface area contributed by atoms with E-state index in [1.165, 1.54) is 0 Å².